The number of sulfone groups is 1. The summed E-state index contributed by atoms with van der Waals surface area (Å²) in [6, 6.07) is 7.45. The molecule has 0 aromatic heterocycles. The van der Waals surface area contributed by atoms with Crippen molar-refractivity contribution in [3.05, 3.63) is 29.8 Å². The molecule has 21 heavy (non-hydrogen) atoms. The van der Waals surface area contributed by atoms with E-state index < -0.39 is 20.6 Å². The predicted octanol–water partition coefficient (Wildman–Crippen LogP) is 1.14. The lowest BCUT2D eigenvalue weighted by Gasteiger charge is -2.23. The number of nitrogens with one attached hydrogen (secondary N) is 1. The van der Waals surface area contributed by atoms with E-state index in [0.717, 1.165) is 17.6 Å². The summed E-state index contributed by atoms with van der Waals surface area (Å²) >= 11 is 0. The molecule has 0 amide bonds. The van der Waals surface area contributed by atoms with Crippen LogP contribution in [-0.4, -0.2) is 49.8 Å². The Hall–Kier alpha value is -0.920. The Morgan fingerprint density at radius 2 is 1.86 bits per heavy atom. The first-order valence-corrected chi connectivity index (χ1v) is 10.1. The van der Waals surface area contributed by atoms with Gasteiger partial charge in [0.05, 0.1) is 18.1 Å². The normalized spacial score (nSPS) is 16.2. The van der Waals surface area contributed by atoms with Crippen LogP contribution in [0.15, 0.2) is 24.3 Å². The molecule has 0 saturated heterocycles. The fourth-order valence-electron chi connectivity index (χ4n) is 2.05. The van der Waals surface area contributed by atoms with Crippen LogP contribution in [0, 0.1) is 0 Å². The number of ether oxygens (including phenoxy) is 1. The molecule has 1 aromatic rings. The Labute approximate surface area is 129 Å². The van der Waals surface area contributed by atoms with Gasteiger partial charge >= 0.3 is 0 Å². The first-order chi connectivity index (χ1) is 9.78. The molecule has 0 radical (unpaired) electrons. The minimum Gasteiger partial charge on any atom is -0.497 e. The van der Waals surface area contributed by atoms with Crippen LogP contribution >= 0.6 is 0 Å². The molecular weight excluding hydrogens is 310 g/mol. The maximum absolute atomic E-state index is 12.3. The maximum Gasteiger partial charge on any atom is 0.148 e. The van der Waals surface area contributed by atoms with E-state index in [0.29, 0.717) is 0 Å². The maximum atomic E-state index is 12.3. The van der Waals surface area contributed by atoms with Crippen LogP contribution in [0.2, 0.25) is 0 Å². The molecule has 120 valence electrons. The highest BCUT2D eigenvalue weighted by molar-refractivity contribution is 7.92. The molecule has 3 unspecified atom stereocenters. The summed E-state index contributed by atoms with van der Waals surface area (Å²) < 4.78 is 39.7. The van der Waals surface area contributed by atoms with Gasteiger partial charge in [-0.3, -0.25) is 4.21 Å². The van der Waals surface area contributed by atoms with Gasteiger partial charge < -0.3 is 10.1 Å². The summed E-state index contributed by atoms with van der Waals surface area (Å²) in [5.41, 5.74) is 0.999. The summed E-state index contributed by atoms with van der Waals surface area (Å²) in [6.45, 7) is 1.86. The van der Waals surface area contributed by atoms with Gasteiger partial charge in [-0.25, -0.2) is 8.42 Å². The number of hydrogen-bond donors (Lipinski definition) is 1. The van der Waals surface area contributed by atoms with Gasteiger partial charge in [0.2, 0.25) is 0 Å². The lowest BCUT2D eigenvalue weighted by molar-refractivity contribution is 0.414. The van der Waals surface area contributed by atoms with Crippen LogP contribution in [0.1, 0.15) is 18.5 Å². The summed E-state index contributed by atoms with van der Waals surface area (Å²) in [7, 11) is -0.901. The average molecular weight is 333 g/mol. The quantitative estimate of drug-likeness (QED) is 0.772. The molecule has 0 aliphatic rings. The van der Waals surface area contributed by atoms with Crippen molar-refractivity contribution in [3.63, 3.8) is 0 Å². The lowest BCUT2D eigenvalue weighted by atomic mass is 10.0. The Bertz CT molecular complexity index is 569. The van der Waals surface area contributed by atoms with Gasteiger partial charge in [-0.15, -0.1) is 0 Å². The predicted molar refractivity (Wildman–Crippen MR) is 87.0 cm³/mol. The number of rotatable bonds is 8. The first-order valence-electron chi connectivity index (χ1n) is 6.64. The van der Waals surface area contributed by atoms with Crippen molar-refractivity contribution < 1.29 is 17.4 Å². The summed E-state index contributed by atoms with van der Waals surface area (Å²) in [5.74, 6) is 0.872. The Balaban J connectivity index is 2.80. The Kier molecular flexibility index (Phi) is 6.83. The highest BCUT2D eigenvalue weighted by atomic mass is 32.2. The number of methoxy groups -OCH3 is 1. The van der Waals surface area contributed by atoms with E-state index in [1.807, 2.05) is 31.2 Å². The van der Waals surface area contributed by atoms with Crippen molar-refractivity contribution in [1.82, 2.24) is 5.32 Å². The van der Waals surface area contributed by atoms with E-state index in [4.69, 9.17) is 4.74 Å². The van der Waals surface area contributed by atoms with E-state index in [9.17, 15) is 12.6 Å². The lowest BCUT2D eigenvalue weighted by Crippen LogP contribution is -2.32. The molecule has 1 aromatic carbocycles. The van der Waals surface area contributed by atoms with E-state index >= 15 is 0 Å². The second-order valence-corrected chi connectivity index (χ2v) is 9.13. The van der Waals surface area contributed by atoms with Gasteiger partial charge in [0.15, 0.2) is 0 Å². The van der Waals surface area contributed by atoms with Crippen molar-refractivity contribution in [1.29, 1.82) is 0 Å². The summed E-state index contributed by atoms with van der Waals surface area (Å²) in [4.78, 5) is 0. The third kappa shape index (κ3) is 5.76. The van der Waals surface area contributed by atoms with Crippen molar-refractivity contribution >= 4 is 20.6 Å². The zero-order valence-electron chi connectivity index (χ0n) is 12.8. The van der Waals surface area contributed by atoms with Gasteiger partial charge in [0, 0.05) is 28.9 Å². The number of hydrogen-bond acceptors (Lipinski definition) is 5. The summed E-state index contributed by atoms with van der Waals surface area (Å²) in [6.07, 6.45) is 1.16. The molecule has 0 heterocycles. The fraction of sp³-hybridized carbons (Fsp3) is 0.571. The minimum atomic E-state index is -3.09. The zero-order valence-corrected chi connectivity index (χ0v) is 14.5. The molecule has 0 spiro atoms. The first kappa shape index (κ1) is 18.1. The van der Waals surface area contributed by atoms with Gasteiger partial charge in [-0.05, 0) is 31.7 Å². The van der Waals surface area contributed by atoms with Gasteiger partial charge in [0.1, 0.15) is 15.6 Å². The molecule has 0 aliphatic carbocycles. The highest BCUT2D eigenvalue weighted by Gasteiger charge is 2.23. The monoisotopic (exact) mass is 333 g/mol. The van der Waals surface area contributed by atoms with Crippen LogP contribution in [0.3, 0.4) is 0 Å². The zero-order chi connectivity index (χ0) is 16.0. The van der Waals surface area contributed by atoms with E-state index in [1.54, 1.807) is 14.2 Å². The van der Waals surface area contributed by atoms with Crippen LogP contribution in [0.4, 0.5) is 0 Å². The minimum absolute atomic E-state index is 0.0526. The number of benzene rings is 1. The van der Waals surface area contributed by atoms with Crippen LogP contribution < -0.4 is 10.1 Å². The fourth-order valence-corrected chi connectivity index (χ4v) is 4.89. The molecule has 0 saturated carbocycles. The van der Waals surface area contributed by atoms with E-state index in [2.05, 4.69) is 5.32 Å². The van der Waals surface area contributed by atoms with E-state index in [-0.39, 0.29) is 22.8 Å². The molecule has 0 fully saturated rings. The Morgan fingerprint density at radius 1 is 1.29 bits per heavy atom. The molecule has 0 aliphatic heterocycles. The van der Waals surface area contributed by atoms with Crippen molar-refractivity contribution in [2.24, 2.45) is 0 Å². The second kappa shape index (κ2) is 7.91. The molecule has 0 bridgehead atoms. The van der Waals surface area contributed by atoms with Crippen molar-refractivity contribution in [3.8, 4) is 5.75 Å². The highest BCUT2D eigenvalue weighted by Crippen LogP contribution is 2.23. The molecule has 1 rings (SSSR count). The van der Waals surface area contributed by atoms with Gasteiger partial charge in [-0.2, -0.15) is 0 Å². The SMILES string of the molecule is CNC(c1ccc(OC)cc1)C(C)S(=O)CCS(C)(=O)=O. The van der Waals surface area contributed by atoms with Crippen molar-refractivity contribution in [2.75, 3.05) is 31.9 Å². The van der Waals surface area contributed by atoms with Crippen LogP contribution in [0.25, 0.3) is 0 Å². The standard InChI is InChI=1S/C14H23NO4S2/c1-11(20(16)9-10-21(4,17)18)14(15-2)12-5-7-13(19-3)8-6-12/h5-8,11,14-15H,9-10H2,1-4H3. The molecule has 7 heteroatoms. The van der Waals surface area contributed by atoms with Crippen LogP contribution in [0.5, 0.6) is 5.75 Å². The molecule has 1 N–H and O–H groups in total. The smallest absolute Gasteiger partial charge is 0.148 e. The molecular formula is C14H23NO4S2. The third-order valence-electron chi connectivity index (χ3n) is 3.33. The molecule has 3 atom stereocenters. The van der Waals surface area contributed by atoms with Gasteiger partial charge in [0.25, 0.3) is 0 Å². The Morgan fingerprint density at radius 3 is 2.29 bits per heavy atom. The van der Waals surface area contributed by atoms with E-state index in [1.165, 1.54) is 0 Å². The average Bonchev–Trinajstić information content (AvgIpc) is 2.45. The molecule has 5 nitrogen and oxygen atoms in total. The third-order valence-corrected chi connectivity index (χ3v) is 6.24. The van der Waals surface area contributed by atoms with Crippen molar-refractivity contribution in [2.45, 2.75) is 18.2 Å². The van der Waals surface area contributed by atoms with Gasteiger partial charge in [-0.1, -0.05) is 12.1 Å². The second-order valence-electron chi connectivity index (χ2n) is 4.96. The topological polar surface area (TPSA) is 72.5 Å². The van der Waals surface area contributed by atoms with Crippen LogP contribution in [-0.2, 0) is 20.6 Å². The summed E-state index contributed by atoms with van der Waals surface area (Å²) in [5, 5.41) is 2.96. The largest absolute Gasteiger partial charge is 0.497 e.